The fraction of sp³-hybridized carbons (Fsp3) is 0.167. The van der Waals surface area contributed by atoms with E-state index >= 15 is 0 Å². The standard InChI is InChI=1S/C24H20ClNO6/c1-3-29-16-8-6-15(7-9-16)26-21(27)13-31-24-22(28)17-12-18(25)14(2)11-20(17)32-23(24)19-5-4-10-30-19/h4-12H,3,13H2,1-2H3,(H,26,27). The number of carbonyl (C=O) groups is 1. The van der Waals surface area contributed by atoms with Crippen LogP contribution in [-0.2, 0) is 4.79 Å². The molecule has 4 rings (SSSR count). The zero-order valence-corrected chi connectivity index (χ0v) is 18.2. The highest BCUT2D eigenvalue weighted by Crippen LogP contribution is 2.33. The number of carbonyl (C=O) groups excluding carboxylic acids is 1. The second-order valence-corrected chi connectivity index (χ2v) is 7.37. The summed E-state index contributed by atoms with van der Waals surface area (Å²) in [5.41, 5.74) is 1.22. The van der Waals surface area contributed by atoms with Gasteiger partial charge in [0.1, 0.15) is 11.3 Å². The average Bonchev–Trinajstić information content (AvgIpc) is 3.31. The quantitative estimate of drug-likeness (QED) is 0.401. The lowest BCUT2D eigenvalue weighted by Crippen LogP contribution is -2.22. The summed E-state index contributed by atoms with van der Waals surface area (Å²) < 4.78 is 22.3. The molecule has 164 valence electrons. The molecule has 0 saturated carbocycles. The Kier molecular flexibility index (Phi) is 6.18. The summed E-state index contributed by atoms with van der Waals surface area (Å²) in [7, 11) is 0. The minimum Gasteiger partial charge on any atom is -0.494 e. The Hall–Kier alpha value is -3.71. The van der Waals surface area contributed by atoms with Crippen LogP contribution in [-0.4, -0.2) is 19.1 Å². The van der Waals surface area contributed by atoms with E-state index in [-0.39, 0.29) is 16.9 Å². The van der Waals surface area contributed by atoms with Gasteiger partial charge < -0.3 is 23.6 Å². The number of aryl methyl sites for hydroxylation is 1. The summed E-state index contributed by atoms with van der Waals surface area (Å²) in [5, 5.41) is 3.39. The number of benzene rings is 2. The molecule has 4 aromatic rings. The molecule has 0 saturated heterocycles. The predicted molar refractivity (Wildman–Crippen MR) is 122 cm³/mol. The number of rotatable bonds is 7. The van der Waals surface area contributed by atoms with Crippen molar-refractivity contribution in [2.24, 2.45) is 0 Å². The predicted octanol–water partition coefficient (Wildman–Crippen LogP) is 5.43. The van der Waals surface area contributed by atoms with Crippen LogP contribution in [0.5, 0.6) is 11.5 Å². The molecule has 8 heteroatoms. The summed E-state index contributed by atoms with van der Waals surface area (Å²) in [4.78, 5) is 25.6. The molecular formula is C24H20ClNO6. The number of amides is 1. The fourth-order valence-electron chi connectivity index (χ4n) is 3.14. The van der Waals surface area contributed by atoms with Gasteiger partial charge >= 0.3 is 0 Å². The highest BCUT2D eigenvalue weighted by molar-refractivity contribution is 6.32. The molecule has 0 radical (unpaired) electrons. The van der Waals surface area contributed by atoms with E-state index in [1.54, 1.807) is 42.5 Å². The number of fused-ring (bicyclic) bond motifs is 1. The Balaban J connectivity index is 1.60. The van der Waals surface area contributed by atoms with E-state index in [0.717, 1.165) is 5.56 Å². The van der Waals surface area contributed by atoms with Crippen molar-refractivity contribution in [3.05, 3.63) is 75.6 Å². The van der Waals surface area contributed by atoms with Crippen LogP contribution < -0.4 is 20.2 Å². The third-order valence-corrected chi connectivity index (χ3v) is 5.08. The molecule has 1 amide bonds. The number of hydrogen-bond acceptors (Lipinski definition) is 6. The molecule has 0 aliphatic heterocycles. The molecule has 0 atom stereocenters. The molecule has 2 aromatic heterocycles. The molecule has 1 N–H and O–H groups in total. The van der Waals surface area contributed by atoms with Crippen LogP contribution >= 0.6 is 11.6 Å². The van der Waals surface area contributed by atoms with Gasteiger partial charge in [-0.25, -0.2) is 0 Å². The molecule has 0 unspecified atom stereocenters. The van der Waals surface area contributed by atoms with E-state index in [0.29, 0.717) is 34.4 Å². The largest absolute Gasteiger partial charge is 0.494 e. The van der Waals surface area contributed by atoms with Crippen molar-refractivity contribution in [2.75, 3.05) is 18.5 Å². The Morgan fingerprint density at radius 3 is 2.59 bits per heavy atom. The first-order chi connectivity index (χ1) is 15.5. The Bertz CT molecular complexity index is 1310. The van der Waals surface area contributed by atoms with Gasteiger partial charge in [-0.2, -0.15) is 0 Å². The van der Waals surface area contributed by atoms with Crippen LogP contribution in [0.3, 0.4) is 0 Å². The minimum absolute atomic E-state index is 0.100. The van der Waals surface area contributed by atoms with Crippen molar-refractivity contribution >= 4 is 34.2 Å². The van der Waals surface area contributed by atoms with Gasteiger partial charge in [0.05, 0.1) is 18.3 Å². The molecule has 2 heterocycles. The summed E-state index contributed by atoms with van der Waals surface area (Å²) in [6.07, 6.45) is 1.45. The third-order valence-electron chi connectivity index (χ3n) is 4.67. The highest BCUT2D eigenvalue weighted by atomic mass is 35.5. The topological polar surface area (TPSA) is 90.9 Å². The Morgan fingerprint density at radius 2 is 1.91 bits per heavy atom. The molecule has 0 fully saturated rings. The van der Waals surface area contributed by atoms with E-state index in [1.165, 1.54) is 12.3 Å². The first kappa shape index (κ1) is 21.5. The number of anilines is 1. The van der Waals surface area contributed by atoms with Gasteiger partial charge in [-0.3, -0.25) is 9.59 Å². The zero-order valence-electron chi connectivity index (χ0n) is 17.4. The lowest BCUT2D eigenvalue weighted by Gasteiger charge is -2.11. The lowest BCUT2D eigenvalue weighted by atomic mass is 10.1. The van der Waals surface area contributed by atoms with Gasteiger partial charge in [-0.15, -0.1) is 0 Å². The van der Waals surface area contributed by atoms with Crippen molar-refractivity contribution in [1.82, 2.24) is 0 Å². The maximum atomic E-state index is 13.1. The van der Waals surface area contributed by atoms with Crippen LogP contribution in [0.1, 0.15) is 12.5 Å². The fourth-order valence-corrected chi connectivity index (χ4v) is 3.30. The normalized spacial score (nSPS) is 10.8. The SMILES string of the molecule is CCOc1ccc(NC(=O)COc2c(-c3ccco3)oc3cc(C)c(Cl)cc3c2=O)cc1. The third kappa shape index (κ3) is 4.48. The van der Waals surface area contributed by atoms with Gasteiger partial charge in [0.15, 0.2) is 12.4 Å². The summed E-state index contributed by atoms with van der Waals surface area (Å²) >= 11 is 6.19. The summed E-state index contributed by atoms with van der Waals surface area (Å²) in [6.45, 7) is 3.85. The van der Waals surface area contributed by atoms with Crippen LogP contribution in [0.2, 0.25) is 5.02 Å². The molecule has 32 heavy (non-hydrogen) atoms. The van der Waals surface area contributed by atoms with Crippen LogP contribution in [0, 0.1) is 6.92 Å². The highest BCUT2D eigenvalue weighted by Gasteiger charge is 2.21. The number of hydrogen-bond donors (Lipinski definition) is 1. The number of ether oxygens (including phenoxy) is 2. The van der Waals surface area contributed by atoms with Crippen LogP contribution in [0.25, 0.3) is 22.5 Å². The van der Waals surface area contributed by atoms with Crippen LogP contribution in [0.15, 0.2) is 68.4 Å². The van der Waals surface area contributed by atoms with Gasteiger partial charge in [0, 0.05) is 10.7 Å². The summed E-state index contributed by atoms with van der Waals surface area (Å²) in [6, 6.07) is 13.4. The number of furan rings is 1. The van der Waals surface area contributed by atoms with Crippen molar-refractivity contribution in [3.8, 4) is 23.0 Å². The Labute approximate surface area is 188 Å². The van der Waals surface area contributed by atoms with E-state index in [2.05, 4.69) is 5.32 Å². The second-order valence-electron chi connectivity index (χ2n) is 6.96. The monoisotopic (exact) mass is 453 g/mol. The number of halogens is 1. The lowest BCUT2D eigenvalue weighted by molar-refractivity contribution is -0.118. The van der Waals surface area contributed by atoms with E-state index in [1.807, 2.05) is 13.8 Å². The van der Waals surface area contributed by atoms with E-state index < -0.39 is 17.9 Å². The van der Waals surface area contributed by atoms with Crippen LogP contribution in [0.4, 0.5) is 5.69 Å². The van der Waals surface area contributed by atoms with Gasteiger partial charge in [-0.1, -0.05) is 11.6 Å². The van der Waals surface area contributed by atoms with E-state index in [4.69, 9.17) is 29.9 Å². The maximum absolute atomic E-state index is 13.1. The first-order valence-electron chi connectivity index (χ1n) is 9.92. The van der Waals surface area contributed by atoms with Gasteiger partial charge in [0.2, 0.25) is 16.9 Å². The molecule has 0 spiro atoms. The average molecular weight is 454 g/mol. The summed E-state index contributed by atoms with van der Waals surface area (Å²) in [5.74, 6) is 0.532. The second kappa shape index (κ2) is 9.20. The van der Waals surface area contributed by atoms with Crippen molar-refractivity contribution < 1.29 is 23.1 Å². The molecule has 2 aromatic carbocycles. The Morgan fingerprint density at radius 1 is 1.12 bits per heavy atom. The molecule has 0 aliphatic carbocycles. The van der Waals surface area contributed by atoms with Crippen molar-refractivity contribution in [1.29, 1.82) is 0 Å². The number of nitrogens with one attached hydrogen (secondary N) is 1. The van der Waals surface area contributed by atoms with Crippen molar-refractivity contribution in [2.45, 2.75) is 13.8 Å². The smallest absolute Gasteiger partial charge is 0.262 e. The van der Waals surface area contributed by atoms with Gasteiger partial charge in [0.25, 0.3) is 5.91 Å². The molecule has 0 bridgehead atoms. The maximum Gasteiger partial charge on any atom is 0.262 e. The van der Waals surface area contributed by atoms with E-state index in [9.17, 15) is 9.59 Å². The molecule has 0 aliphatic rings. The molecule has 7 nitrogen and oxygen atoms in total. The molecular weight excluding hydrogens is 434 g/mol. The first-order valence-corrected chi connectivity index (χ1v) is 10.3. The van der Waals surface area contributed by atoms with Crippen molar-refractivity contribution in [3.63, 3.8) is 0 Å². The van der Waals surface area contributed by atoms with Gasteiger partial charge in [-0.05, 0) is 67.9 Å². The minimum atomic E-state index is -0.451. The zero-order chi connectivity index (χ0) is 22.7.